The SMILES string of the molecule is CC(C)Oc1ccc(-c2nn([C@@H](C)c3oc4cccc(F)c4c(=O)c3-c3cccc(F)c3)c3ncnc(N)c23)cc1F.O=S(=O)(O)c1ccccc1. The maximum absolute atomic E-state index is 15.0. The Morgan fingerprint density at radius 2 is 1.58 bits per heavy atom. The highest BCUT2D eigenvalue weighted by Crippen LogP contribution is 2.37. The van der Waals surface area contributed by atoms with E-state index in [1.54, 1.807) is 45.0 Å². The van der Waals surface area contributed by atoms with Gasteiger partial charge in [0, 0.05) is 5.56 Å². The molecule has 11 nitrogen and oxygen atoms in total. The number of benzene rings is 4. The van der Waals surface area contributed by atoms with Crippen LogP contribution < -0.4 is 15.9 Å². The monoisotopic (exact) mass is 729 g/mol. The summed E-state index contributed by atoms with van der Waals surface area (Å²) in [5.41, 5.74) is 6.70. The van der Waals surface area contributed by atoms with Crippen LogP contribution in [0, 0.1) is 17.5 Å². The van der Waals surface area contributed by atoms with Crippen molar-refractivity contribution >= 4 is 37.9 Å². The van der Waals surface area contributed by atoms with Crippen molar-refractivity contribution in [3.05, 3.63) is 131 Å². The third-order valence-electron chi connectivity index (χ3n) is 7.88. The molecule has 15 heteroatoms. The van der Waals surface area contributed by atoms with Crippen molar-refractivity contribution in [2.24, 2.45) is 0 Å². The Bertz CT molecular complexity index is 2610. The zero-order valence-electron chi connectivity index (χ0n) is 27.8. The Morgan fingerprint density at radius 1 is 0.846 bits per heavy atom. The molecule has 0 fully saturated rings. The van der Waals surface area contributed by atoms with E-state index < -0.39 is 39.0 Å². The van der Waals surface area contributed by atoms with Crippen LogP contribution in [0.5, 0.6) is 5.75 Å². The average Bonchev–Trinajstić information content (AvgIpc) is 3.50. The van der Waals surface area contributed by atoms with Crippen LogP contribution >= 0.6 is 0 Å². The van der Waals surface area contributed by atoms with Crippen LogP contribution in [-0.2, 0) is 10.1 Å². The predicted molar refractivity (Wildman–Crippen MR) is 189 cm³/mol. The highest BCUT2D eigenvalue weighted by molar-refractivity contribution is 7.85. The molecule has 0 aliphatic carbocycles. The molecule has 3 heterocycles. The van der Waals surface area contributed by atoms with Crippen molar-refractivity contribution in [2.75, 3.05) is 5.73 Å². The Hall–Kier alpha value is -6.06. The summed E-state index contributed by atoms with van der Waals surface area (Å²) < 4.78 is 86.5. The minimum absolute atomic E-state index is 0.00985. The summed E-state index contributed by atoms with van der Waals surface area (Å²) in [6.45, 7) is 5.28. The minimum atomic E-state index is -4.00. The lowest BCUT2D eigenvalue weighted by Gasteiger charge is -2.17. The van der Waals surface area contributed by atoms with Gasteiger partial charge in [0.1, 0.15) is 52.2 Å². The first-order valence-corrected chi connectivity index (χ1v) is 17.2. The van der Waals surface area contributed by atoms with Crippen LogP contribution in [-0.4, -0.2) is 38.8 Å². The fourth-order valence-corrected chi connectivity index (χ4v) is 6.10. The van der Waals surface area contributed by atoms with Crippen molar-refractivity contribution < 1.29 is 35.3 Å². The van der Waals surface area contributed by atoms with Gasteiger partial charge in [-0.2, -0.15) is 13.5 Å². The molecule has 0 amide bonds. The van der Waals surface area contributed by atoms with Gasteiger partial charge in [0.2, 0.25) is 5.43 Å². The zero-order valence-corrected chi connectivity index (χ0v) is 28.6. The van der Waals surface area contributed by atoms with Gasteiger partial charge in [-0.15, -0.1) is 0 Å². The molecule has 4 aromatic carbocycles. The maximum Gasteiger partial charge on any atom is 0.294 e. The summed E-state index contributed by atoms with van der Waals surface area (Å²) in [5, 5.41) is 4.81. The fraction of sp³-hybridized carbons (Fsp3) is 0.135. The number of ether oxygens (including phenoxy) is 1. The highest BCUT2D eigenvalue weighted by atomic mass is 32.2. The number of nitrogen functional groups attached to an aromatic ring is 1. The summed E-state index contributed by atoms with van der Waals surface area (Å²) in [4.78, 5) is 22.2. The van der Waals surface area contributed by atoms with E-state index in [-0.39, 0.29) is 61.8 Å². The predicted octanol–water partition coefficient (Wildman–Crippen LogP) is 7.60. The number of nitrogens with zero attached hydrogens (tertiary/aromatic N) is 4. The lowest BCUT2D eigenvalue weighted by atomic mass is 9.99. The summed E-state index contributed by atoms with van der Waals surface area (Å²) >= 11 is 0. The van der Waals surface area contributed by atoms with E-state index in [0.29, 0.717) is 10.9 Å². The molecule has 52 heavy (non-hydrogen) atoms. The van der Waals surface area contributed by atoms with Crippen molar-refractivity contribution in [3.8, 4) is 28.1 Å². The first-order chi connectivity index (χ1) is 24.7. The third-order valence-corrected chi connectivity index (χ3v) is 8.75. The smallest absolute Gasteiger partial charge is 0.294 e. The number of hydrogen-bond donors (Lipinski definition) is 2. The zero-order chi connectivity index (χ0) is 37.3. The Labute approximate surface area is 294 Å². The standard InChI is InChI=1S/C31H24F3N5O3.C6H6O3S/c1-15(2)41-22-11-10-18(13-21(22)34)27-26-30(35)36-14-37-31(26)39(38-27)16(3)29-24(17-6-4-7-19(32)12-17)28(40)25-20(33)8-5-9-23(25)42-29;7-10(8,9)6-4-2-1-3-5-6/h4-16H,1-3H3,(H2,35,36,37);1-5H,(H,7,8,9)/t16-;/m0./s1. The van der Waals surface area contributed by atoms with Gasteiger partial charge in [-0.25, -0.2) is 27.8 Å². The van der Waals surface area contributed by atoms with Crippen molar-refractivity contribution in [3.63, 3.8) is 0 Å². The van der Waals surface area contributed by atoms with Gasteiger partial charge in [-0.3, -0.25) is 9.35 Å². The molecule has 0 saturated heterocycles. The van der Waals surface area contributed by atoms with Gasteiger partial charge >= 0.3 is 0 Å². The molecule has 0 aliphatic rings. The lowest BCUT2D eigenvalue weighted by molar-refractivity contribution is 0.231. The third kappa shape index (κ3) is 7.08. The lowest BCUT2D eigenvalue weighted by Crippen LogP contribution is -2.17. The molecular weight excluding hydrogens is 699 g/mol. The number of anilines is 1. The molecule has 0 aliphatic heterocycles. The number of halogens is 3. The van der Waals surface area contributed by atoms with Crippen molar-refractivity contribution in [1.82, 2.24) is 19.7 Å². The second-order valence-electron chi connectivity index (χ2n) is 11.8. The van der Waals surface area contributed by atoms with Gasteiger partial charge in [0.25, 0.3) is 10.1 Å². The second kappa shape index (κ2) is 14.3. The number of nitrogens with two attached hydrogens (primary N) is 1. The quantitative estimate of drug-likeness (QED) is 0.156. The van der Waals surface area contributed by atoms with Gasteiger partial charge < -0.3 is 14.9 Å². The molecule has 3 N–H and O–H groups in total. The molecule has 266 valence electrons. The molecule has 0 bridgehead atoms. The van der Waals surface area contributed by atoms with E-state index in [9.17, 15) is 26.4 Å². The Balaban J connectivity index is 0.000000402. The summed E-state index contributed by atoms with van der Waals surface area (Å²) in [5.74, 6) is -1.67. The van der Waals surface area contributed by atoms with E-state index in [0.717, 1.165) is 6.07 Å². The highest BCUT2D eigenvalue weighted by Gasteiger charge is 2.28. The van der Waals surface area contributed by atoms with Crippen LogP contribution in [0.15, 0.2) is 111 Å². The normalized spacial score (nSPS) is 12.2. The molecule has 3 aromatic heterocycles. The fourth-order valence-electron chi connectivity index (χ4n) is 5.60. The van der Waals surface area contributed by atoms with Gasteiger partial charge in [-0.1, -0.05) is 36.4 Å². The molecule has 0 radical (unpaired) electrons. The number of fused-ring (bicyclic) bond motifs is 2. The Kier molecular flexibility index (Phi) is 9.82. The van der Waals surface area contributed by atoms with E-state index in [1.165, 1.54) is 71.7 Å². The van der Waals surface area contributed by atoms with E-state index in [1.807, 2.05) is 0 Å². The van der Waals surface area contributed by atoms with Crippen LogP contribution in [0.4, 0.5) is 19.0 Å². The van der Waals surface area contributed by atoms with Gasteiger partial charge in [-0.05, 0) is 80.9 Å². The van der Waals surface area contributed by atoms with E-state index in [4.69, 9.17) is 24.5 Å². The van der Waals surface area contributed by atoms with Gasteiger partial charge in [0.15, 0.2) is 17.2 Å². The van der Waals surface area contributed by atoms with Crippen LogP contribution in [0.25, 0.3) is 44.4 Å². The first kappa shape index (κ1) is 35.8. The van der Waals surface area contributed by atoms with E-state index in [2.05, 4.69) is 9.97 Å². The summed E-state index contributed by atoms with van der Waals surface area (Å²) in [6, 6.07) is 20.4. The minimum Gasteiger partial charge on any atom is -0.488 e. The molecule has 0 unspecified atom stereocenters. The number of hydrogen-bond acceptors (Lipinski definition) is 9. The van der Waals surface area contributed by atoms with Crippen LogP contribution in [0.1, 0.15) is 32.6 Å². The molecule has 0 saturated carbocycles. The topological polar surface area (TPSA) is 163 Å². The molecule has 0 spiro atoms. The van der Waals surface area contributed by atoms with Crippen LogP contribution in [0.3, 0.4) is 0 Å². The van der Waals surface area contributed by atoms with Crippen LogP contribution in [0.2, 0.25) is 0 Å². The molecular formula is C37H30F3N5O6S. The van der Waals surface area contributed by atoms with Crippen molar-refractivity contribution in [1.29, 1.82) is 0 Å². The summed E-state index contributed by atoms with van der Waals surface area (Å²) in [7, 11) is -4.00. The number of aromatic nitrogens is 4. The first-order valence-electron chi connectivity index (χ1n) is 15.7. The largest absolute Gasteiger partial charge is 0.488 e. The van der Waals surface area contributed by atoms with E-state index >= 15 is 0 Å². The van der Waals surface area contributed by atoms with Crippen molar-refractivity contribution in [2.45, 2.75) is 37.8 Å². The molecule has 7 aromatic rings. The Morgan fingerprint density at radius 3 is 2.23 bits per heavy atom. The summed E-state index contributed by atoms with van der Waals surface area (Å²) in [6.07, 6.45) is 1.03. The molecule has 1 atom stereocenters. The maximum atomic E-state index is 15.0. The average molecular weight is 730 g/mol. The second-order valence-corrected chi connectivity index (χ2v) is 13.2. The molecule has 7 rings (SSSR count). The number of rotatable bonds is 7. The van der Waals surface area contributed by atoms with Gasteiger partial charge in [0.05, 0.1) is 21.9 Å².